The van der Waals surface area contributed by atoms with E-state index in [0.29, 0.717) is 17.1 Å². The highest BCUT2D eigenvalue weighted by molar-refractivity contribution is 5.97. The molecule has 94 valence electrons. The molecular formula is C13H19NO3. The predicted molar refractivity (Wildman–Crippen MR) is 66.8 cm³/mol. The average Bonchev–Trinajstić information content (AvgIpc) is 2.27. The fourth-order valence-electron chi connectivity index (χ4n) is 1.44. The molecule has 1 aromatic rings. The molecule has 4 nitrogen and oxygen atoms in total. The van der Waals surface area contributed by atoms with Gasteiger partial charge in [-0.25, -0.2) is 0 Å². The summed E-state index contributed by atoms with van der Waals surface area (Å²) in [6.07, 6.45) is -0.0139. The molecular weight excluding hydrogens is 218 g/mol. The SMILES string of the molecule is COc1cccc(C(=O)N(C)C)c1OC(C)C. The Morgan fingerprint density at radius 2 is 1.94 bits per heavy atom. The van der Waals surface area contributed by atoms with Crippen molar-refractivity contribution < 1.29 is 14.3 Å². The second-order valence-electron chi connectivity index (χ2n) is 4.20. The number of para-hydroxylation sites is 1. The van der Waals surface area contributed by atoms with E-state index >= 15 is 0 Å². The molecule has 0 heterocycles. The smallest absolute Gasteiger partial charge is 0.257 e. The van der Waals surface area contributed by atoms with Crippen molar-refractivity contribution in [3.8, 4) is 11.5 Å². The van der Waals surface area contributed by atoms with E-state index in [2.05, 4.69) is 0 Å². The topological polar surface area (TPSA) is 38.8 Å². The van der Waals surface area contributed by atoms with Gasteiger partial charge in [-0.2, -0.15) is 0 Å². The second kappa shape index (κ2) is 5.57. The van der Waals surface area contributed by atoms with Crippen molar-refractivity contribution >= 4 is 5.91 Å². The number of nitrogens with zero attached hydrogens (tertiary/aromatic N) is 1. The van der Waals surface area contributed by atoms with E-state index in [0.717, 1.165) is 0 Å². The third-order valence-electron chi connectivity index (χ3n) is 2.19. The van der Waals surface area contributed by atoms with Gasteiger partial charge in [-0.05, 0) is 26.0 Å². The van der Waals surface area contributed by atoms with Crippen LogP contribution in [0.5, 0.6) is 11.5 Å². The zero-order chi connectivity index (χ0) is 13.0. The van der Waals surface area contributed by atoms with Crippen LogP contribution in [0.25, 0.3) is 0 Å². The van der Waals surface area contributed by atoms with Gasteiger partial charge in [0.2, 0.25) is 0 Å². The van der Waals surface area contributed by atoms with Crippen molar-refractivity contribution in [3.05, 3.63) is 23.8 Å². The Balaban J connectivity index is 3.23. The molecule has 0 aliphatic carbocycles. The number of hydrogen-bond donors (Lipinski definition) is 0. The van der Waals surface area contributed by atoms with Crippen molar-refractivity contribution in [2.24, 2.45) is 0 Å². The fraction of sp³-hybridized carbons (Fsp3) is 0.462. The van der Waals surface area contributed by atoms with E-state index in [1.165, 1.54) is 4.90 Å². The Morgan fingerprint density at radius 1 is 1.29 bits per heavy atom. The van der Waals surface area contributed by atoms with E-state index < -0.39 is 0 Å². The lowest BCUT2D eigenvalue weighted by Gasteiger charge is -2.18. The van der Waals surface area contributed by atoms with Gasteiger partial charge in [0.1, 0.15) is 0 Å². The maximum absolute atomic E-state index is 12.0. The van der Waals surface area contributed by atoms with Gasteiger partial charge in [0.05, 0.1) is 18.8 Å². The van der Waals surface area contributed by atoms with E-state index in [-0.39, 0.29) is 12.0 Å². The zero-order valence-corrected chi connectivity index (χ0v) is 11.0. The molecule has 0 saturated carbocycles. The number of rotatable bonds is 4. The fourth-order valence-corrected chi connectivity index (χ4v) is 1.44. The lowest BCUT2D eigenvalue weighted by molar-refractivity contribution is 0.0820. The average molecular weight is 237 g/mol. The third-order valence-corrected chi connectivity index (χ3v) is 2.19. The van der Waals surface area contributed by atoms with Crippen molar-refractivity contribution in [1.29, 1.82) is 0 Å². The Bertz CT molecular complexity index is 400. The molecule has 0 radical (unpaired) electrons. The maximum atomic E-state index is 12.0. The first-order valence-corrected chi connectivity index (χ1v) is 5.52. The summed E-state index contributed by atoms with van der Waals surface area (Å²) < 4.78 is 10.9. The van der Waals surface area contributed by atoms with Crippen LogP contribution in [-0.2, 0) is 0 Å². The number of benzene rings is 1. The summed E-state index contributed by atoms with van der Waals surface area (Å²) in [5.41, 5.74) is 0.517. The number of ether oxygens (including phenoxy) is 2. The van der Waals surface area contributed by atoms with Gasteiger partial charge in [-0.3, -0.25) is 4.79 Å². The van der Waals surface area contributed by atoms with Gasteiger partial charge in [0, 0.05) is 14.1 Å². The minimum absolute atomic E-state index is 0.0139. The molecule has 4 heteroatoms. The number of hydrogen-bond acceptors (Lipinski definition) is 3. The lowest BCUT2D eigenvalue weighted by atomic mass is 10.1. The van der Waals surface area contributed by atoms with Gasteiger partial charge in [-0.1, -0.05) is 6.07 Å². The van der Waals surface area contributed by atoms with E-state index in [9.17, 15) is 4.79 Å². The van der Waals surface area contributed by atoms with Crippen molar-refractivity contribution in [2.75, 3.05) is 21.2 Å². The zero-order valence-electron chi connectivity index (χ0n) is 11.0. The van der Waals surface area contributed by atoms with E-state index in [4.69, 9.17) is 9.47 Å². The summed E-state index contributed by atoms with van der Waals surface area (Å²) in [6, 6.07) is 5.30. The van der Waals surface area contributed by atoms with Gasteiger partial charge in [0.25, 0.3) is 5.91 Å². The molecule has 0 aliphatic rings. The quantitative estimate of drug-likeness (QED) is 0.805. The molecule has 0 spiro atoms. The third kappa shape index (κ3) is 3.12. The summed E-state index contributed by atoms with van der Waals surface area (Å²) in [5, 5.41) is 0. The van der Waals surface area contributed by atoms with Crippen molar-refractivity contribution in [2.45, 2.75) is 20.0 Å². The van der Waals surface area contributed by atoms with Crippen LogP contribution in [0.1, 0.15) is 24.2 Å². The van der Waals surface area contributed by atoms with Gasteiger partial charge in [-0.15, -0.1) is 0 Å². The second-order valence-corrected chi connectivity index (χ2v) is 4.20. The number of methoxy groups -OCH3 is 1. The molecule has 1 aromatic carbocycles. The van der Waals surface area contributed by atoms with Crippen LogP contribution in [0.4, 0.5) is 0 Å². The standard InChI is InChI=1S/C13H19NO3/c1-9(2)17-12-10(13(15)14(3)4)7-6-8-11(12)16-5/h6-9H,1-5H3. The summed E-state index contributed by atoms with van der Waals surface area (Å²) in [7, 11) is 4.98. The largest absolute Gasteiger partial charge is 0.493 e. The Hall–Kier alpha value is -1.71. The van der Waals surface area contributed by atoms with Crippen LogP contribution in [0.2, 0.25) is 0 Å². The monoisotopic (exact) mass is 237 g/mol. The van der Waals surface area contributed by atoms with Crippen LogP contribution in [-0.4, -0.2) is 38.1 Å². The lowest BCUT2D eigenvalue weighted by Crippen LogP contribution is -2.23. The normalized spacial score (nSPS) is 10.2. The molecule has 0 fully saturated rings. The molecule has 1 amide bonds. The Labute approximate surface area is 102 Å². The van der Waals surface area contributed by atoms with Crippen LogP contribution < -0.4 is 9.47 Å². The molecule has 0 saturated heterocycles. The number of carbonyl (C=O) groups excluding carboxylic acids is 1. The summed E-state index contributed by atoms with van der Waals surface area (Å²) >= 11 is 0. The summed E-state index contributed by atoms with van der Waals surface area (Å²) in [6.45, 7) is 3.83. The van der Waals surface area contributed by atoms with Gasteiger partial charge in [0.15, 0.2) is 11.5 Å². The van der Waals surface area contributed by atoms with Crippen LogP contribution in [0.3, 0.4) is 0 Å². The summed E-state index contributed by atoms with van der Waals surface area (Å²) in [4.78, 5) is 13.5. The first-order chi connectivity index (χ1) is 7.97. The first-order valence-electron chi connectivity index (χ1n) is 5.52. The molecule has 0 aromatic heterocycles. The van der Waals surface area contributed by atoms with Gasteiger partial charge < -0.3 is 14.4 Å². The number of amides is 1. The Morgan fingerprint density at radius 3 is 2.41 bits per heavy atom. The molecule has 0 aliphatic heterocycles. The van der Waals surface area contributed by atoms with E-state index in [1.54, 1.807) is 39.4 Å². The highest BCUT2D eigenvalue weighted by Gasteiger charge is 2.19. The molecule has 0 unspecified atom stereocenters. The maximum Gasteiger partial charge on any atom is 0.257 e. The minimum atomic E-state index is -0.0976. The highest BCUT2D eigenvalue weighted by Crippen LogP contribution is 2.32. The minimum Gasteiger partial charge on any atom is -0.493 e. The molecule has 0 N–H and O–H groups in total. The van der Waals surface area contributed by atoms with Crippen LogP contribution in [0, 0.1) is 0 Å². The highest BCUT2D eigenvalue weighted by atomic mass is 16.5. The molecule has 0 bridgehead atoms. The van der Waals surface area contributed by atoms with Crippen LogP contribution >= 0.6 is 0 Å². The molecule has 1 rings (SSSR count). The van der Waals surface area contributed by atoms with Crippen molar-refractivity contribution in [3.63, 3.8) is 0 Å². The molecule has 0 atom stereocenters. The first kappa shape index (κ1) is 13.4. The predicted octanol–water partition coefficient (Wildman–Crippen LogP) is 2.18. The summed E-state index contributed by atoms with van der Waals surface area (Å²) in [5.74, 6) is 0.981. The Kier molecular flexibility index (Phi) is 4.37. The van der Waals surface area contributed by atoms with Crippen LogP contribution in [0.15, 0.2) is 18.2 Å². The van der Waals surface area contributed by atoms with E-state index in [1.807, 2.05) is 13.8 Å². The molecule has 17 heavy (non-hydrogen) atoms. The van der Waals surface area contributed by atoms with Crippen molar-refractivity contribution in [1.82, 2.24) is 4.90 Å². The number of carbonyl (C=O) groups is 1. The van der Waals surface area contributed by atoms with Gasteiger partial charge >= 0.3 is 0 Å².